The molecule has 1 saturated heterocycles. The summed E-state index contributed by atoms with van der Waals surface area (Å²) in [7, 11) is 0. The van der Waals surface area contributed by atoms with Crippen LogP contribution in [0.5, 0.6) is 0 Å². The Labute approximate surface area is 141 Å². The third kappa shape index (κ3) is 2.39. The van der Waals surface area contributed by atoms with Gasteiger partial charge in [-0.15, -0.1) is 0 Å². The Kier molecular flexibility index (Phi) is 3.49. The summed E-state index contributed by atoms with van der Waals surface area (Å²) in [4.78, 5) is 11.8. The Bertz CT molecular complexity index is 540. The minimum atomic E-state index is -0.0590. The number of rotatable bonds is 2. The number of hydrogen-bond donors (Lipinski definition) is 0. The van der Waals surface area contributed by atoms with Crippen molar-refractivity contribution in [3.05, 3.63) is 11.6 Å². The van der Waals surface area contributed by atoms with Gasteiger partial charge in [-0.25, -0.2) is 4.79 Å². The molecule has 2 heteroatoms. The summed E-state index contributed by atoms with van der Waals surface area (Å²) in [6.07, 6.45) is 14.1. The van der Waals surface area contributed by atoms with Gasteiger partial charge in [-0.3, -0.25) is 0 Å². The molecule has 3 aliphatic carbocycles. The molecule has 0 amide bonds. The van der Waals surface area contributed by atoms with Crippen LogP contribution in [-0.4, -0.2) is 12.6 Å². The number of ether oxygens (including phenoxy) is 1. The maximum absolute atomic E-state index is 11.8. The highest BCUT2D eigenvalue weighted by Crippen LogP contribution is 2.72. The smallest absolute Gasteiger partial charge is 0.333 e. The van der Waals surface area contributed by atoms with Gasteiger partial charge in [0.15, 0.2) is 0 Å². The third-order valence-corrected chi connectivity index (χ3v) is 8.10. The van der Waals surface area contributed by atoms with Gasteiger partial charge in [-0.2, -0.15) is 0 Å². The maximum atomic E-state index is 11.8. The Morgan fingerprint density at radius 1 is 1.13 bits per heavy atom. The van der Waals surface area contributed by atoms with Crippen LogP contribution in [0.4, 0.5) is 0 Å². The first-order chi connectivity index (χ1) is 10.9. The Hall–Kier alpha value is -0.790. The summed E-state index contributed by atoms with van der Waals surface area (Å²) >= 11 is 0. The second-order valence-corrected chi connectivity index (χ2v) is 9.71. The molecule has 3 atom stereocenters. The van der Waals surface area contributed by atoms with Crippen LogP contribution in [0.25, 0.3) is 0 Å². The van der Waals surface area contributed by atoms with Crippen LogP contribution in [0.3, 0.4) is 0 Å². The van der Waals surface area contributed by atoms with E-state index >= 15 is 0 Å². The van der Waals surface area contributed by atoms with Crippen LogP contribution in [0.15, 0.2) is 11.6 Å². The van der Waals surface area contributed by atoms with Gasteiger partial charge in [0.1, 0.15) is 0 Å². The summed E-state index contributed by atoms with van der Waals surface area (Å²) in [6.45, 7) is 8.19. The summed E-state index contributed by atoms with van der Waals surface area (Å²) < 4.78 is 5.13. The fraction of sp³-hybridized carbons (Fsp3) is 0.857. The topological polar surface area (TPSA) is 26.3 Å². The summed E-state index contributed by atoms with van der Waals surface area (Å²) in [6, 6.07) is 0. The van der Waals surface area contributed by atoms with E-state index in [0.717, 1.165) is 30.3 Å². The molecule has 0 radical (unpaired) electrons. The molecule has 4 rings (SSSR count). The molecule has 1 aliphatic heterocycles. The van der Waals surface area contributed by atoms with Crippen molar-refractivity contribution >= 4 is 5.97 Å². The van der Waals surface area contributed by atoms with Crippen LogP contribution < -0.4 is 0 Å². The summed E-state index contributed by atoms with van der Waals surface area (Å²) in [5.41, 5.74) is 2.51. The van der Waals surface area contributed by atoms with Crippen molar-refractivity contribution in [3.8, 4) is 0 Å². The predicted molar refractivity (Wildman–Crippen MR) is 91.9 cm³/mol. The van der Waals surface area contributed by atoms with Crippen molar-refractivity contribution in [2.75, 3.05) is 6.61 Å². The average Bonchev–Trinajstić information content (AvgIpc) is 3.12. The van der Waals surface area contributed by atoms with Crippen molar-refractivity contribution in [2.45, 2.75) is 78.6 Å². The second-order valence-electron chi connectivity index (χ2n) is 9.71. The van der Waals surface area contributed by atoms with E-state index in [-0.39, 0.29) is 5.97 Å². The number of hydrogen-bond acceptors (Lipinski definition) is 2. The maximum Gasteiger partial charge on any atom is 0.333 e. The molecule has 128 valence electrons. The fourth-order valence-corrected chi connectivity index (χ4v) is 6.78. The minimum Gasteiger partial charge on any atom is -0.462 e. The lowest BCUT2D eigenvalue weighted by Gasteiger charge is -2.60. The van der Waals surface area contributed by atoms with Crippen molar-refractivity contribution in [1.29, 1.82) is 0 Å². The molecule has 0 unspecified atom stereocenters. The molecule has 0 N–H and O–H groups in total. The van der Waals surface area contributed by atoms with Gasteiger partial charge < -0.3 is 4.74 Å². The SMILES string of the molecule is CC1(C)CCC[C@@]2(C)[C@H]1CCC1(CC1)[C@@H]2CC=C1CCOC1=O. The predicted octanol–water partition coefficient (Wildman–Crippen LogP) is 5.27. The van der Waals surface area contributed by atoms with Crippen molar-refractivity contribution in [3.63, 3.8) is 0 Å². The van der Waals surface area contributed by atoms with Crippen LogP contribution >= 0.6 is 0 Å². The van der Waals surface area contributed by atoms with Crippen LogP contribution in [-0.2, 0) is 9.53 Å². The first-order valence-corrected chi connectivity index (χ1v) is 9.74. The standard InChI is InChI=1S/C21H32O2/c1-19(2)9-4-10-20(3)16(19)7-11-21(12-13-21)17(20)6-5-15-8-14-23-18(15)22/h5,16-17H,4,6-14H2,1-3H3/t16-,17+,20-/m0/s1. The van der Waals surface area contributed by atoms with Gasteiger partial charge in [0.25, 0.3) is 0 Å². The van der Waals surface area contributed by atoms with E-state index in [1.165, 1.54) is 44.9 Å². The van der Waals surface area contributed by atoms with Gasteiger partial charge >= 0.3 is 5.97 Å². The van der Waals surface area contributed by atoms with Crippen LogP contribution in [0.2, 0.25) is 0 Å². The van der Waals surface area contributed by atoms with Gasteiger partial charge in [0.05, 0.1) is 6.61 Å². The van der Waals surface area contributed by atoms with E-state index in [1.807, 2.05) is 0 Å². The summed E-state index contributed by atoms with van der Waals surface area (Å²) in [5.74, 6) is 1.57. The van der Waals surface area contributed by atoms with Gasteiger partial charge in [-0.05, 0) is 73.0 Å². The van der Waals surface area contributed by atoms with E-state index < -0.39 is 0 Å². The number of esters is 1. The molecule has 4 aliphatic rings. The minimum absolute atomic E-state index is 0.0590. The highest BCUT2D eigenvalue weighted by molar-refractivity contribution is 5.90. The highest BCUT2D eigenvalue weighted by Gasteiger charge is 2.62. The zero-order chi connectivity index (χ0) is 16.3. The van der Waals surface area contributed by atoms with Crippen molar-refractivity contribution in [1.82, 2.24) is 0 Å². The zero-order valence-electron chi connectivity index (χ0n) is 15.1. The van der Waals surface area contributed by atoms with Crippen LogP contribution in [0, 0.1) is 28.1 Å². The normalized spacial score (nSPS) is 42.6. The Morgan fingerprint density at radius 3 is 2.57 bits per heavy atom. The molecular formula is C21H32O2. The molecule has 3 saturated carbocycles. The molecule has 23 heavy (non-hydrogen) atoms. The van der Waals surface area contributed by atoms with Crippen molar-refractivity contribution < 1.29 is 9.53 Å². The molecule has 0 aromatic carbocycles. The lowest BCUT2D eigenvalue weighted by molar-refractivity contribution is -0.135. The molecule has 2 nitrogen and oxygen atoms in total. The Balaban J connectivity index is 1.63. The largest absolute Gasteiger partial charge is 0.462 e. The number of cyclic esters (lactones) is 1. The van der Waals surface area contributed by atoms with E-state index in [0.29, 0.717) is 22.9 Å². The third-order valence-electron chi connectivity index (χ3n) is 8.10. The molecular weight excluding hydrogens is 284 g/mol. The average molecular weight is 316 g/mol. The van der Waals surface area contributed by atoms with E-state index in [4.69, 9.17) is 4.74 Å². The number of carbonyl (C=O) groups excluding carboxylic acids is 1. The molecule has 4 fully saturated rings. The fourth-order valence-electron chi connectivity index (χ4n) is 6.78. The first-order valence-electron chi connectivity index (χ1n) is 9.74. The Morgan fingerprint density at radius 2 is 1.91 bits per heavy atom. The molecule has 1 heterocycles. The highest BCUT2D eigenvalue weighted by atomic mass is 16.5. The molecule has 0 aromatic heterocycles. The van der Waals surface area contributed by atoms with Gasteiger partial charge in [-0.1, -0.05) is 33.3 Å². The van der Waals surface area contributed by atoms with Crippen molar-refractivity contribution in [2.24, 2.45) is 28.1 Å². The van der Waals surface area contributed by atoms with E-state index in [1.54, 1.807) is 0 Å². The van der Waals surface area contributed by atoms with E-state index in [9.17, 15) is 4.79 Å². The molecule has 0 bridgehead atoms. The second kappa shape index (κ2) is 5.10. The molecule has 1 spiro atoms. The first kappa shape index (κ1) is 15.7. The van der Waals surface area contributed by atoms with Gasteiger partial charge in [0, 0.05) is 12.0 Å². The summed E-state index contributed by atoms with van der Waals surface area (Å²) in [5, 5.41) is 0. The van der Waals surface area contributed by atoms with E-state index in [2.05, 4.69) is 26.8 Å². The number of allylic oxidation sites excluding steroid dienone is 1. The number of fused-ring (bicyclic) bond motifs is 1. The monoisotopic (exact) mass is 316 g/mol. The van der Waals surface area contributed by atoms with Crippen LogP contribution in [0.1, 0.15) is 78.6 Å². The zero-order valence-corrected chi connectivity index (χ0v) is 15.1. The lowest BCUT2D eigenvalue weighted by Crippen LogP contribution is -2.52. The quantitative estimate of drug-likeness (QED) is 0.512. The van der Waals surface area contributed by atoms with Gasteiger partial charge in [0.2, 0.25) is 0 Å². The molecule has 0 aromatic rings. The lowest BCUT2D eigenvalue weighted by atomic mass is 9.45. The number of carbonyl (C=O) groups is 1.